The van der Waals surface area contributed by atoms with Gasteiger partial charge in [0.1, 0.15) is 0 Å². The van der Waals surface area contributed by atoms with E-state index in [1.807, 2.05) is 13.0 Å². The fraction of sp³-hybridized carbons (Fsp3) is 0.442. The summed E-state index contributed by atoms with van der Waals surface area (Å²) in [5.74, 6) is 0.662. The molecule has 0 spiro atoms. The highest BCUT2D eigenvalue weighted by Crippen LogP contribution is 2.37. The molecular weight excluding hydrogens is 988 g/mol. The molecule has 0 aliphatic carbocycles. The first-order valence-corrected chi connectivity index (χ1v) is 27.9. The Morgan fingerprint density at radius 1 is 0.552 bits per heavy atom. The lowest BCUT2D eigenvalue weighted by Gasteiger charge is -2.28. The van der Waals surface area contributed by atoms with E-state index in [1.54, 1.807) is 56.3 Å². The molecule has 4 aromatic rings. The van der Waals surface area contributed by atoms with Crippen LogP contribution in [0.5, 0.6) is 11.5 Å². The van der Waals surface area contributed by atoms with E-state index in [9.17, 15) is 33.7 Å². The van der Waals surface area contributed by atoms with Crippen LogP contribution in [0.2, 0.25) is 0 Å². The number of hydrogen-bond acceptors (Lipinski definition) is 14. The Morgan fingerprint density at radius 2 is 0.970 bits per heavy atom. The minimum atomic E-state index is -4.05. The molecule has 0 bridgehead atoms. The first-order valence-electron chi connectivity index (χ1n) is 21.2. The Hall–Kier alpha value is -4.42. The van der Waals surface area contributed by atoms with Crippen LogP contribution in [0, 0.1) is 6.92 Å². The molecule has 6 rings (SSSR count). The summed E-state index contributed by atoms with van der Waals surface area (Å²) in [6, 6.07) is 21.1. The van der Waals surface area contributed by atoms with E-state index >= 15 is 0 Å². The number of nitrogens with zero attached hydrogens (tertiary/aromatic N) is 4. The van der Waals surface area contributed by atoms with Gasteiger partial charge in [-0.3, -0.25) is 18.1 Å². The van der Waals surface area contributed by atoms with Crippen molar-refractivity contribution in [1.29, 1.82) is 0 Å². The van der Waals surface area contributed by atoms with Crippen molar-refractivity contribution in [2.45, 2.75) is 43.4 Å². The SMILES string of the molecule is CCN(c1cc(N2CCCNCC2)ccc1NS(=O)(=O)c1ccc(C)cc1)S(C)(=O)=O.CCN(c1cc(N2CCCNCC2)ccc1NS(=O)(=O)c1ccc(OC)c(OC)c1)S(C)(=O)=O.Cl.Cl. The minimum absolute atomic E-state index is 0. The Kier molecular flexibility index (Phi) is 21.0. The molecule has 2 aliphatic heterocycles. The van der Waals surface area contributed by atoms with Crippen molar-refractivity contribution >= 4 is 99.0 Å². The van der Waals surface area contributed by atoms with Crippen molar-refractivity contribution in [3.8, 4) is 11.5 Å². The Balaban J connectivity index is 0.000000346. The van der Waals surface area contributed by atoms with E-state index in [1.165, 1.54) is 53.2 Å². The highest BCUT2D eigenvalue weighted by Gasteiger charge is 2.27. The van der Waals surface area contributed by atoms with Gasteiger partial charge in [-0.2, -0.15) is 0 Å². The molecule has 0 amide bonds. The molecular formula is C43H64Cl2N8O10S4. The number of ether oxygens (including phenoxy) is 2. The third kappa shape index (κ3) is 15.0. The maximum atomic E-state index is 13.2. The van der Waals surface area contributed by atoms with Gasteiger partial charge in [0.25, 0.3) is 20.0 Å². The Morgan fingerprint density at radius 3 is 1.37 bits per heavy atom. The summed E-state index contributed by atoms with van der Waals surface area (Å²) in [5, 5.41) is 6.68. The highest BCUT2D eigenvalue weighted by atomic mass is 35.5. The number of rotatable bonds is 16. The van der Waals surface area contributed by atoms with Crippen LogP contribution in [0.4, 0.5) is 34.1 Å². The second-order valence-corrected chi connectivity index (χ2v) is 22.7. The number of methoxy groups -OCH3 is 2. The van der Waals surface area contributed by atoms with Gasteiger partial charge in [-0.05, 0) is 107 Å². The molecule has 0 unspecified atom stereocenters. The standard InChI is InChI=1S/C22H32N4O6S2.C21H30N4O4S2.2ClH/c1-5-26(33(4,27)28)20-15-17(25-13-6-11-23-12-14-25)7-9-19(20)24-34(29,30)18-8-10-21(31-2)22(16-18)32-3;1-4-25(30(3,26)27)21-16-18(24-14-5-12-22-13-15-24)8-11-20(21)23-31(28,29)19-9-6-17(2)7-10-19;;/h7-10,15-16,23-24H,5-6,11-14H2,1-4H3;6-11,16,22-23H,4-5,12-15H2,1-3H3;2*1H. The Labute approximate surface area is 409 Å². The molecule has 0 saturated carbocycles. The van der Waals surface area contributed by atoms with Crippen LogP contribution < -0.4 is 48.0 Å². The summed E-state index contributed by atoms with van der Waals surface area (Å²) in [4.78, 5) is 4.42. The number of hydrogen-bond donors (Lipinski definition) is 4. The number of halogens is 2. The molecule has 67 heavy (non-hydrogen) atoms. The molecule has 4 aromatic carbocycles. The number of nitrogens with one attached hydrogen (secondary N) is 4. The maximum absolute atomic E-state index is 13.2. The van der Waals surface area contributed by atoms with E-state index < -0.39 is 40.1 Å². The van der Waals surface area contributed by atoms with Crippen LogP contribution in [0.3, 0.4) is 0 Å². The topological polar surface area (TPSA) is 216 Å². The molecule has 24 heteroatoms. The molecule has 0 aromatic heterocycles. The minimum Gasteiger partial charge on any atom is -0.493 e. The highest BCUT2D eigenvalue weighted by molar-refractivity contribution is 7.93. The van der Waals surface area contributed by atoms with Gasteiger partial charge < -0.3 is 29.9 Å². The molecule has 374 valence electrons. The molecule has 0 radical (unpaired) electrons. The first kappa shape index (κ1) is 56.9. The number of benzene rings is 4. The fourth-order valence-corrected chi connectivity index (χ4v) is 11.6. The lowest BCUT2D eigenvalue weighted by atomic mass is 10.2. The van der Waals surface area contributed by atoms with Crippen molar-refractivity contribution in [3.63, 3.8) is 0 Å². The normalized spacial score (nSPS) is 14.7. The van der Waals surface area contributed by atoms with E-state index in [-0.39, 0.29) is 70.5 Å². The maximum Gasteiger partial charge on any atom is 0.262 e. The van der Waals surface area contributed by atoms with Crippen LogP contribution in [0.1, 0.15) is 32.3 Å². The predicted octanol–water partition coefficient (Wildman–Crippen LogP) is 5.32. The summed E-state index contributed by atoms with van der Waals surface area (Å²) in [6.07, 6.45) is 4.15. The number of anilines is 6. The van der Waals surface area contributed by atoms with Crippen LogP contribution in [-0.2, 0) is 40.1 Å². The number of sulfonamides is 4. The van der Waals surface area contributed by atoms with E-state index in [0.717, 1.165) is 94.6 Å². The summed E-state index contributed by atoms with van der Waals surface area (Å²) in [6.45, 7) is 12.3. The largest absolute Gasteiger partial charge is 0.493 e. The van der Waals surface area contributed by atoms with Crippen LogP contribution in [0.25, 0.3) is 0 Å². The molecule has 0 atom stereocenters. The quantitative estimate of drug-likeness (QED) is 0.112. The number of aryl methyl sites for hydroxylation is 1. The zero-order chi connectivity index (χ0) is 47.6. The summed E-state index contributed by atoms with van der Waals surface area (Å²) >= 11 is 0. The molecule has 2 saturated heterocycles. The molecule has 2 heterocycles. The monoisotopic (exact) mass is 1050 g/mol. The van der Waals surface area contributed by atoms with Crippen molar-refractivity contribution < 1.29 is 43.1 Å². The van der Waals surface area contributed by atoms with Gasteiger partial charge in [0.05, 0.1) is 59.3 Å². The van der Waals surface area contributed by atoms with Crippen molar-refractivity contribution in [1.82, 2.24) is 10.6 Å². The molecule has 2 fully saturated rings. The lowest BCUT2D eigenvalue weighted by Crippen LogP contribution is -2.32. The zero-order valence-electron chi connectivity index (χ0n) is 38.8. The third-order valence-corrected chi connectivity index (χ3v) is 16.0. The smallest absolute Gasteiger partial charge is 0.262 e. The average molecular weight is 1050 g/mol. The summed E-state index contributed by atoms with van der Waals surface area (Å²) in [7, 11) is -12.3. The fourth-order valence-electron chi connectivity index (χ4n) is 7.50. The summed E-state index contributed by atoms with van der Waals surface area (Å²) in [5.41, 5.74) is 3.61. The van der Waals surface area contributed by atoms with E-state index in [4.69, 9.17) is 9.47 Å². The van der Waals surface area contributed by atoms with Crippen molar-refractivity contribution in [3.05, 3.63) is 84.4 Å². The van der Waals surface area contributed by atoms with Crippen molar-refractivity contribution in [2.24, 2.45) is 0 Å². The zero-order valence-corrected chi connectivity index (χ0v) is 43.7. The van der Waals surface area contributed by atoms with Crippen molar-refractivity contribution in [2.75, 3.05) is 120 Å². The van der Waals surface area contributed by atoms with Crippen LogP contribution in [-0.4, -0.2) is 126 Å². The second kappa shape index (κ2) is 24.7. The molecule has 2 aliphatic rings. The van der Waals surface area contributed by atoms with E-state index in [0.29, 0.717) is 11.4 Å². The van der Waals surface area contributed by atoms with E-state index in [2.05, 4.69) is 29.9 Å². The van der Waals surface area contributed by atoms with Gasteiger partial charge in [0, 0.05) is 69.8 Å². The van der Waals surface area contributed by atoms with Gasteiger partial charge in [-0.15, -0.1) is 24.8 Å². The predicted molar refractivity (Wildman–Crippen MR) is 275 cm³/mol. The van der Waals surface area contributed by atoms with Gasteiger partial charge >= 0.3 is 0 Å². The lowest BCUT2D eigenvalue weighted by molar-refractivity contribution is 0.354. The van der Waals surface area contributed by atoms with Gasteiger partial charge in [-0.1, -0.05) is 17.7 Å². The third-order valence-electron chi connectivity index (χ3n) is 10.8. The first-order chi connectivity index (χ1) is 30.7. The van der Waals surface area contributed by atoms with Crippen LogP contribution >= 0.6 is 24.8 Å². The second-order valence-electron chi connectivity index (χ2n) is 15.5. The molecule has 18 nitrogen and oxygen atoms in total. The average Bonchev–Trinajstić information content (AvgIpc) is 3.71. The van der Waals surface area contributed by atoms with Crippen LogP contribution in [0.15, 0.2) is 88.7 Å². The molecule has 4 N–H and O–H groups in total. The van der Waals surface area contributed by atoms with Gasteiger partial charge in [-0.25, -0.2) is 33.7 Å². The van der Waals surface area contributed by atoms with Gasteiger partial charge in [0.15, 0.2) is 11.5 Å². The summed E-state index contributed by atoms with van der Waals surface area (Å²) < 4.78 is 120. The van der Waals surface area contributed by atoms with Gasteiger partial charge in [0.2, 0.25) is 20.0 Å². The Bertz CT molecular complexity index is 2700.